The molecule has 18 heavy (non-hydrogen) atoms. The molecule has 0 bridgehead atoms. The van der Waals surface area contributed by atoms with E-state index in [-0.39, 0.29) is 0 Å². The van der Waals surface area contributed by atoms with Gasteiger partial charge in [-0.2, -0.15) is 0 Å². The summed E-state index contributed by atoms with van der Waals surface area (Å²) in [7, 11) is 0. The first-order valence-electron chi connectivity index (χ1n) is 6.65. The Balaban J connectivity index is 1.99. The zero-order chi connectivity index (χ0) is 13.2. The number of phenolic OH excluding ortho intramolecular Hbond substituents is 1. The van der Waals surface area contributed by atoms with Crippen molar-refractivity contribution >= 4 is 0 Å². The molecule has 0 unspecified atom stereocenters. The number of aliphatic hydroxyl groups is 1. The van der Waals surface area contributed by atoms with Gasteiger partial charge in [-0.05, 0) is 50.3 Å². The van der Waals surface area contributed by atoms with Crippen LogP contribution in [0.2, 0.25) is 0 Å². The van der Waals surface area contributed by atoms with E-state index in [9.17, 15) is 10.2 Å². The first-order valence-corrected chi connectivity index (χ1v) is 6.65. The molecule has 2 N–H and O–H groups in total. The van der Waals surface area contributed by atoms with Crippen LogP contribution in [0.5, 0.6) is 5.75 Å². The van der Waals surface area contributed by atoms with Gasteiger partial charge in [0, 0.05) is 19.6 Å². The van der Waals surface area contributed by atoms with Crippen molar-refractivity contribution in [2.24, 2.45) is 5.92 Å². The van der Waals surface area contributed by atoms with Crippen molar-refractivity contribution in [3.8, 4) is 5.75 Å². The zero-order valence-corrected chi connectivity index (χ0v) is 11.3. The number of hydrogen-bond donors (Lipinski definition) is 2. The van der Waals surface area contributed by atoms with Crippen molar-refractivity contribution in [3.63, 3.8) is 0 Å². The first-order chi connectivity index (χ1) is 8.42. The molecule has 1 aromatic carbocycles. The minimum atomic E-state index is -0.675. The molecule has 0 aromatic heterocycles. The summed E-state index contributed by atoms with van der Waals surface area (Å²) >= 11 is 0. The molecule has 0 saturated heterocycles. The standard InChI is InChI=1S/C15H23NO2/c1-15(2,18)11-16(9-12-6-7-12)10-13-4-3-5-14(17)8-13/h3-5,8,12,17-18H,6-7,9-11H2,1-2H3. The lowest BCUT2D eigenvalue weighted by molar-refractivity contribution is 0.0319. The van der Waals surface area contributed by atoms with Gasteiger partial charge in [0.25, 0.3) is 0 Å². The molecule has 0 spiro atoms. The van der Waals surface area contributed by atoms with Crippen molar-refractivity contribution in [1.29, 1.82) is 0 Å². The molecule has 0 atom stereocenters. The van der Waals surface area contributed by atoms with Crippen LogP contribution in [-0.2, 0) is 6.54 Å². The van der Waals surface area contributed by atoms with Gasteiger partial charge in [-0.1, -0.05) is 12.1 Å². The molecule has 0 aliphatic heterocycles. The number of hydrogen-bond acceptors (Lipinski definition) is 3. The van der Waals surface area contributed by atoms with Crippen LogP contribution >= 0.6 is 0 Å². The second-order valence-corrected chi connectivity index (χ2v) is 6.10. The predicted octanol–water partition coefficient (Wildman–Crippen LogP) is 2.38. The average molecular weight is 249 g/mol. The first kappa shape index (κ1) is 13.4. The van der Waals surface area contributed by atoms with Gasteiger partial charge in [0.1, 0.15) is 5.75 Å². The highest BCUT2D eigenvalue weighted by Crippen LogP contribution is 2.30. The molecule has 1 aliphatic rings. The Morgan fingerprint density at radius 2 is 2.06 bits per heavy atom. The van der Waals surface area contributed by atoms with E-state index in [4.69, 9.17) is 0 Å². The smallest absolute Gasteiger partial charge is 0.115 e. The maximum absolute atomic E-state index is 9.96. The molecule has 1 aromatic rings. The van der Waals surface area contributed by atoms with E-state index >= 15 is 0 Å². The van der Waals surface area contributed by atoms with Gasteiger partial charge in [-0.25, -0.2) is 0 Å². The van der Waals surface area contributed by atoms with Gasteiger partial charge in [-0.15, -0.1) is 0 Å². The van der Waals surface area contributed by atoms with Crippen LogP contribution in [0.3, 0.4) is 0 Å². The zero-order valence-electron chi connectivity index (χ0n) is 11.3. The van der Waals surface area contributed by atoms with Gasteiger partial charge >= 0.3 is 0 Å². The lowest BCUT2D eigenvalue weighted by atomic mass is 10.1. The van der Waals surface area contributed by atoms with Crippen LogP contribution in [0.15, 0.2) is 24.3 Å². The number of aromatic hydroxyl groups is 1. The van der Waals surface area contributed by atoms with E-state index in [0.29, 0.717) is 12.3 Å². The predicted molar refractivity (Wildman–Crippen MR) is 72.4 cm³/mol. The molecule has 100 valence electrons. The molecule has 0 heterocycles. The number of nitrogens with zero attached hydrogens (tertiary/aromatic N) is 1. The molecule has 3 nitrogen and oxygen atoms in total. The lowest BCUT2D eigenvalue weighted by Gasteiger charge is -2.29. The van der Waals surface area contributed by atoms with Gasteiger partial charge in [0.15, 0.2) is 0 Å². The summed E-state index contributed by atoms with van der Waals surface area (Å²) in [6, 6.07) is 7.36. The second-order valence-electron chi connectivity index (χ2n) is 6.10. The maximum atomic E-state index is 9.96. The topological polar surface area (TPSA) is 43.7 Å². The fourth-order valence-corrected chi connectivity index (χ4v) is 2.31. The summed E-state index contributed by atoms with van der Waals surface area (Å²) in [6.07, 6.45) is 2.62. The van der Waals surface area contributed by atoms with E-state index in [2.05, 4.69) is 4.90 Å². The van der Waals surface area contributed by atoms with Crippen molar-refractivity contribution < 1.29 is 10.2 Å². The van der Waals surface area contributed by atoms with Crippen molar-refractivity contribution in [2.45, 2.75) is 38.8 Å². The van der Waals surface area contributed by atoms with Gasteiger partial charge in [0.05, 0.1) is 5.60 Å². The summed E-state index contributed by atoms with van der Waals surface area (Å²) < 4.78 is 0. The highest BCUT2D eigenvalue weighted by Gasteiger charge is 2.27. The molecular formula is C15H23NO2. The summed E-state index contributed by atoms with van der Waals surface area (Å²) in [6.45, 7) is 6.18. The SMILES string of the molecule is CC(C)(O)CN(Cc1cccc(O)c1)CC1CC1. The van der Waals surface area contributed by atoms with Crippen molar-refractivity contribution in [3.05, 3.63) is 29.8 Å². The third-order valence-electron chi connectivity index (χ3n) is 3.14. The second kappa shape index (κ2) is 5.29. The minimum absolute atomic E-state index is 0.308. The molecular weight excluding hydrogens is 226 g/mol. The molecule has 2 rings (SSSR count). The Bertz CT molecular complexity index is 394. The summed E-state index contributed by atoms with van der Waals surface area (Å²) in [5, 5.41) is 19.4. The lowest BCUT2D eigenvalue weighted by Crippen LogP contribution is -2.39. The van der Waals surface area contributed by atoms with Gasteiger partial charge in [-0.3, -0.25) is 4.90 Å². The Morgan fingerprint density at radius 1 is 1.33 bits per heavy atom. The van der Waals surface area contributed by atoms with Crippen LogP contribution in [-0.4, -0.2) is 33.8 Å². The number of rotatable bonds is 6. The van der Waals surface area contributed by atoms with E-state index in [1.54, 1.807) is 12.1 Å². The number of benzene rings is 1. The van der Waals surface area contributed by atoms with Gasteiger partial charge in [0.2, 0.25) is 0 Å². The molecule has 1 saturated carbocycles. The Hall–Kier alpha value is -1.06. The third-order valence-corrected chi connectivity index (χ3v) is 3.14. The average Bonchev–Trinajstić information content (AvgIpc) is 2.98. The third kappa shape index (κ3) is 4.67. The number of phenols is 1. The molecule has 1 fully saturated rings. The van der Waals surface area contributed by atoms with Crippen LogP contribution in [0, 0.1) is 5.92 Å². The van der Waals surface area contributed by atoms with Crippen LogP contribution in [0.1, 0.15) is 32.3 Å². The van der Waals surface area contributed by atoms with Crippen LogP contribution in [0.4, 0.5) is 0 Å². The maximum Gasteiger partial charge on any atom is 0.115 e. The van der Waals surface area contributed by atoms with E-state index in [1.165, 1.54) is 12.8 Å². The minimum Gasteiger partial charge on any atom is -0.508 e. The summed E-state index contributed by atoms with van der Waals surface area (Å²) in [4.78, 5) is 2.28. The van der Waals surface area contributed by atoms with E-state index in [1.807, 2.05) is 26.0 Å². The normalized spacial score (nSPS) is 16.2. The largest absolute Gasteiger partial charge is 0.508 e. The molecule has 3 heteroatoms. The highest BCUT2D eigenvalue weighted by molar-refractivity contribution is 5.27. The summed E-state index contributed by atoms with van der Waals surface area (Å²) in [5.41, 5.74) is 0.422. The Labute approximate surface area is 109 Å². The molecule has 1 aliphatic carbocycles. The van der Waals surface area contributed by atoms with Crippen LogP contribution < -0.4 is 0 Å². The fourth-order valence-electron chi connectivity index (χ4n) is 2.31. The molecule has 0 amide bonds. The molecule has 0 radical (unpaired) electrons. The van der Waals surface area contributed by atoms with Crippen molar-refractivity contribution in [1.82, 2.24) is 4.90 Å². The van der Waals surface area contributed by atoms with E-state index < -0.39 is 5.60 Å². The Kier molecular flexibility index (Phi) is 3.93. The quantitative estimate of drug-likeness (QED) is 0.813. The van der Waals surface area contributed by atoms with Gasteiger partial charge < -0.3 is 10.2 Å². The van der Waals surface area contributed by atoms with E-state index in [0.717, 1.165) is 24.6 Å². The fraction of sp³-hybridized carbons (Fsp3) is 0.600. The van der Waals surface area contributed by atoms with Crippen LogP contribution in [0.25, 0.3) is 0 Å². The highest BCUT2D eigenvalue weighted by atomic mass is 16.3. The monoisotopic (exact) mass is 249 g/mol. The summed E-state index contributed by atoms with van der Waals surface area (Å²) in [5.74, 6) is 1.10. The Morgan fingerprint density at radius 3 is 2.61 bits per heavy atom. The van der Waals surface area contributed by atoms with Crippen molar-refractivity contribution in [2.75, 3.05) is 13.1 Å².